The topological polar surface area (TPSA) is 72.1 Å². The van der Waals surface area contributed by atoms with E-state index in [0.717, 1.165) is 31.2 Å². The maximum absolute atomic E-state index is 4.51. The summed E-state index contributed by atoms with van der Waals surface area (Å²) >= 11 is 0. The minimum Gasteiger partial charge on any atom is -0.354 e. The summed E-state index contributed by atoms with van der Waals surface area (Å²) in [7, 11) is 3.79. The summed E-state index contributed by atoms with van der Waals surface area (Å²) in [6.45, 7) is 7.91. The molecule has 0 saturated carbocycles. The van der Waals surface area contributed by atoms with Gasteiger partial charge < -0.3 is 15.2 Å². The minimum absolute atomic E-state index is 0.250. The third-order valence-electron chi connectivity index (χ3n) is 5.18. The summed E-state index contributed by atoms with van der Waals surface area (Å²) in [4.78, 5) is 8.45. The number of hydrogen-bond acceptors (Lipinski definition) is 3. The normalized spacial score (nSPS) is 12.8. The highest BCUT2D eigenvalue weighted by molar-refractivity contribution is 5.79. The van der Waals surface area contributed by atoms with E-state index in [0.29, 0.717) is 0 Å². The van der Waals surface area contributed by atoms with Crippen molar-refractivity contribution in [2.24, 2.45) is 12.0 Å². The van der Waals surface area contributed by atoms with Crippen molar-refractivity contribution < 1.29 is 0 Å². The number of rotatable bonds is 7. The zero-order chi connectivity index (χ0) is 20.8. The lowest BCUT2D eigenvalue weighted by atomic mass is 10.1. The first-order valence-corrected chi connectivity index (χ1v) is 9.96. The van der Waals surface area contributed by atoms with E-state index in [1.165, 1.54) is 22.4 Å². The van der Waals surface area contributed by atoms with Crippen molar-refractivity contribution in [1.29, 1.82) is 0 Å². The van der Waals surface area contributed by atoms with Crippen LogP contribution < -0.4 is 10.6 Å². The molecule has 0 bridgehead atoms. The largest absolute Gasteiger partial charge is 0.354 e. The molecule has 154 valence electrons. The molecule has 0 amide bonds. The molecule has 0 aliphatic rings. The van der Waals surface area contributed by atoms with Crippen LogP contribution in [-0.4, -0.2) is 38.4 Å². The van der Waals surface area contributed by atoms with Crippen molar-refractivity contribution in [3.63, 3.8) is 0 Å². The molecule has 7 heteroatoms. The van der Waals surface area contributed by atoms with E-state index in [1.54, 1.807) is 13.2 Å². The Morgan fingerprint density at radius 2 is 1.90 bits per heavy atom. The quantitative estimate of drug-likeness (QED) is 0.478. The van der Waals surface area contributed by atoms with Crippen molar-refractivity contribution in [3.05, 3.63) is 71.1 Å². The zero-order valence-electron chi connectivity index (χ0n) is 18.0. The van der Waals surface area contributed by atoms with Gasteiger partial charge in [-0.3, -0.25) is 9.67 Å². The minimum atomic E-state index is 0.250. The Balaban J connectivity index is 1.51. The third-order valence-corrected chi connectivity index (χ3v) is 5.18. The Bertz CT molecular complexity index is 936. The molecular weight excluding hydrogens is 362 g/mol. The molecule has 0 saturated heterocycles. The molecule has 1 atom stereocenters. The lowest BCUT2D eigenvalue weighted by Gasteiger charge is -2.18. The van der Waals surface area contributed by atoms with E-state index in [9.17, 15) is 0 Å². The van der Waals surface area contributed by atoms with Gasteiger partial charge in [0.05, 0.1) is 12.0 Å². The molecular formula is C22H31N7. The fourth-order valence-corrected chi connectivity index (χ4v) is 3.44. The summed E-state index contributed by atoms with van der Waals surface area (Å²) in [6, 6.07) is 8.87. The zero-order valence-corrected chi connectivity index (χ0v) is 18.0. The van der Waals surface area contributed by atoms with Crippen molar-refractivity contribution in [2.75, 3.05) is 7.05 Å². The van der Waals surface area contributed by atoms with Crippen molar-refractivity contribution in [3.8, 4) is 0 Å². The molecule has 1 unspecified atom stereocenters. The van der Waals surface area contributed by atoms with Crippen LogP contribution in [0.15, 0.2) is 48.0 Å². The monoisotopic (exact) mass is 393 g/mol. The van der Waals surface area contributed by atoms with Crippen LogP contribution in [0.2, 0.25) is 0 Å². The lowest BCUT2D eigenvalue weighted by molar-refractivity contribution is 0.635. The number of guanidine groups is 1. The number of nitrogens with zero attached hydrogens (tertiary/aromatic N) is 5. The predicted molar refractivity (Wildman–Crippen MR) is 117 cm³/mol. The van der Waals surface area contributed by atoms with Crippen LogP contribution >= 0.6 is 0 Å². The summed E-state index contributed by atoms with van der Waals surface area (Å²) in [6.07, 6.45) is 6.52. The number of nitrogens with one attached hydrogen (secondary N) is 2. The van der Waals surface area contributed by atoms with E-state index in [-0.39, 0.29) is 6.04 Å². The number of hydrogen-bond donors (Lipinski definition) is 2. The van der Waals surface area contributed by atoms with Gasteiger partial charge in [0.2, 0.25) is 0 Å². The standard InChI is InChI=1S/C22H31N7/c1-16(12-21-17(2)27-28(5)18(21)3)26-22(23-4)25-13-19-6-8-20(9-7-19)14-29-11-10-24-15-29/h6-11,15-16H,12-14H2,1-5H3,(H2,23,25,26). The van der Waals surface area contributed by atoms with Gasteiger partial charge in [0.15, 0.2) is 5.96 Å². The molecule has 2 aromatic heterocycles. The van der Waals surface area contributed by atoms with E-state index in [2.05, 4.69) is 75.3 Å². The van der Waals surface area contributed by atoms with Gasteiger partial charge in [-0.15, -0.1) is 0 Å². The second kappa shape index (κ2) is 9.41. The maximum atomic E-state index is 4.51. The number of imidazole rings is 1. The van der Waals surface area contributed by atoms with Crippen LogP contribution in [0.3, 0.4) is 0 Å². The smallest absolute Gasteiger partial charge is 0.191 e. The average molecular weight is 394 g/mol. The molecule has 0 fully saturated rings. The van der Waals surface area contributed by atoms with E-state index < -0.39 is 0 Å². The highest BCUT2D eigenvalue weighted by atomic mass is 15.3. The molecule has 0 radical (unpaired) electrons. The summed E-state index contributed by atoms with van der Waals surface area (Å²) in [5.41, 5.74) is 6.09. The van der Waals surface area contributed by atoms with Crippen LogP contribution in [0, 0.1) is 13.8 Å². The SMILES string of the molecule is CN=C(NCc1ccc(Cn2ccnc2)cc1)NC(C)Cc1c(C)nn(C)c1C. The van der Waals surface area contributed by atoms with Crippen LogP contribution in [0.5, 0.6) is 0 Å². The van der Waals surface area contributed by atoms with Crippen LogP contribution in [0.4, 0.5) is 0 Å². The second-order valence-electron chi connectivity index (χ2n) is 7.50. The lowest BCUT2D eigenvalue weighted by Crippen LogP contribution is -2.42. The molecule has 29 heavy (non-hydrogen) atoms. The average Bonchev–Trinajstić information content (AvgIpc) is 3.30. The Morgan fingerprint density at radius 1 is 1.17 bits per heavy atom. The first kappa shape index (κ1) is 20.6. The van der Waals surface area contributed by atoms with Gasteiger partial charge in [0, 0.05) is 51.3 Å². The van der Waals surface area contributed by atoms with Crippen molar-refractivity contribution in [1.82, 2.24) is 30.0 Å². The maximum Gasteiger partial charge on any atom is 0.191 e. The number of benzene rings is 1. The molecule has 1 aromatic carbocycles. The van der Waals surface area contributed by atoms with Crippen LogP contribution in [0.1, 0.15) is 35.0 Å². The molecule has 7 nitrogen and oxygen atoms in total. The van der Waals surface area contributed by atoms with Gasteiger partial charge in [-0.2, -0.15) is 5.10 Å². The predicted octanol–water partition coefficient (Wildman–Crippen LogP) is 2.58. The Hall–Kier alpha value is -3.09. The molecule has 3 aromatic rings. The molecule has 0 aliphatic heterocycles. The summed E-state index contributed by atoms with van der Waals surface area (Å²) < 4.78 is 4.01. The fraction of sp³-hybridized carbons (Fsp3) is 0.409. The van der Waals surface area contributed by atoms with Gasteiger partial charge >= 0.3 is 0 Å². The van der Waals surface area contributed by atoms with Crippen LogP contribution in [0.25, 0.3) is 0 Å². The molecule has 3 rings (SSSR count). The summed E-state index contributed by atoms with van der Waals surface area (Å²) in [5, 5.41) is 11.4. The highest BCUT2D eigenvalue weighted by Crippen LogP contribution is 2.14. The van der Waals surface area contributed by atoms with Crippen molar-refractivity contribution in [2.45, 2.75) is 46.3 Å². The second-order valence-corrected chi connectivity index (χ2v) is 7.50. The van der Waals surface area contributed by atoms with Gasteiger partial charge in [-0.25, -0.2) is 4.98 Å². The number of aromatic nitrogens is 4. The first-order chi connectivity index (χ1) is 14.0. The van der Waals surface area contributed by atoms with Gasteiger partial charge in [-0.1, -0.05) is 24.3 Å². The Morgan fingerprint density at radius 3 is 2.48 bits per heavy atom. The molecule has 2 heterocycles. The van der Waals surface area contributed by atoms with Gasteiger partial charge in [0.1, 0.15) is 0 Å². The van der Waals surface area contributed by atoms with E-state index >= 15 is 0 Å². The fourth-order valence-electron chi connectivity index (χ4n) is 3.44. The molecule has 0 spiro atoms. The third kappa shape index (κ3) is 5.47. The number of aliphatic imine (C=N–C) groups is 1. The van der Waals surface area contributed by atoms with Crippen molar-refractivity contribution >= 4 is 5.96 Å². The Kier molecular flexibility index (Phi) is 6.69. The Labute approximate surface area is 172 Å². The molecule has 0 aliphatic carbocycles. The van der Waals surface area contributed by atoms with Gasteiger partial charge in [-0.05, 0) is 43.9 Å². The van der Waals surface area contributed by atoms with Gasteiger partial charge in [0.25, 0.3) is 0 Å². The highest BCUT2D eigenvalue weighted by Gasteiger charge is 2.14. The van der Waals surface area contributed by atoms with Crippen LogP contribution in [-0.2, 0) is 26.6 Å². The molecule has 2 N–H and O–H groups in total. The summed E-state index contributed by atoms with van der Waals surface area (Å²) in [5.74, 6) is 0.805. The van der Waals surface area contributed by atoms with E-state index in [4.69, 9.17) is 0 Å². The number of aryl methyl sites for hydroxylation is 2. The van der Waals surface area contributed by atoms with E-state index in [1.807, 2.05) is 24.3 Å². The first-order valence-electron chi connectivity index (χ1n) is 9.96.